The summed E-state index contributed by atoms with van der Waals surface area (Å²) in [5.74, 6) is 1.50. The highest BCUT2D eigenvalue weighted by Crippen LogP contribution is 2.37. The van der Waals surface area contributed by atoms with Gasteiger partial charge >= 0.3 is 0 Å². The van der Waals surface area contributed by atoms with Crippen LogP contribution in [-0.2, 0) is 13.2 Å². The van der Waals surface area contributed by atoms with E-state index in [0.29, 0.717) is 13.2 Å². The molecule has 0 atom stereocenters. The normalized spacial score (nSPS) is 10.6. The minimum atomic E-state index is 0. The monoisotopic (exact) mass is 610 g/mol. The number of nitrogens with one attached hydrogen (secondary N) is 1. The van der Waals surface area contributed by atoms with Gasteiger partial charge in [0.1, 0.15) is 6.61 Å². The van der Waals surface area contributed by atoms with Crippen molar-refractivity contribution in [2.24, 2.45) is 0 Å². The molecule has 35 heavy (non-hydrogen) atoms. The zero-order valence-electron chi connectivity index (χ0n) is 21.3. The summed E-state index contributed by atoms with van der Waals surface area (Å²) in [5.41, 5.74) is 2.24. The Morgan fingerprint density at radius 1 is 0.857 bits per heavy atom. The fraction of sp³-hybridized carbons (Fsp3) is 0.556. The van der Waals surface area contributed by atoms with E-state index in [1.165, 1.54) is 50.9 Å². The van der Waals surface area contributed by atoms with Gasteiger partial charge in [-0.15, -0.1) is 24.8 Å². The van der Waals surface area contributed by atoms with Crippen molar-refractivity contribution in [1.29, 1.82) is 0 Å². The minimum Gasteiger partial charge on any atom is -0.490 e. The van der Waals surface area contributed by atoms with Crippen molar-refractivity contribution in [3.63, 3.8) is 0 Å². The van der Waals surface area contributed by atoms with Crippen LogP contribution < -0.4 is 14.8 Å². The summed E-state index contributed by atoms with van der Waals surface area (Å²) in [6.07, 6.45) is 6.26. The van der Waals surface area contributed by atoms with Crippen LogP contribution >= 0.6 is 52.3 Å². The molecule has 0 spiro atoms. The van der Waals surface area contributed by atoms with E-state index in [4.69, 9.17) is 21.1 Å². The Balaban J connectivity index is 0.00000578. The molecule has 200 valence electrons. The molecule has 0 saturated heterocycles. The Morgan fingerprint density at radius 3 is 2.09 bits per heavy atom. The quantitative estimate of drug-likeness (QED) is 0.182. The molecule has 0 aliphatic heterocycles. The van der Waals surface area contributed by atoms with Gasteiger partial charge < -0.3 is 19.7 Å². The molecule has 0 aromatic heterocycles. The lowest BCUT2D eigenvalue weighted by Crippen LogP contribution is -2.29. The van der Waals surface area contributed by atoms with Crippen LogP contribution in [-0.4, -0.2) is 37.7 Å². The van der Waals surface area contributed by atoms with Crippen LogP contribution in [0.5, 0.6) is 11.5 Å². The van der Waals surface area contributed by atoms with Crippen LogP contribution in [0.2, 0.25) is 5.02 Å². The number of hydrogen-bond donors (Lipinski definition) is 1. The van der Waals surface area contributed by atoms with Gasteiger partial charge in [-0.25, -0.2) is 0 Å². The van der Waals surface area contributed by atoms with Crippen molar-refractivity contribution < 1.29 is 9.47 Å². The Hall–Kier alpha value is -0.690. The van der Waals surface area contributed by atoms with E-state index in [-0.39, 0.29) is 24.8 Å². The second-order valence-electron chi connectivity index (χ2n) is 8.33. The average Bonchev–Trinajstić information content (AvgIpc) is 2.81. The first-order valence-corrected chi connectivity index (χ1v) is 13.5. The molecule has 0 heterocycles. The number of unbranched alkanes of at least 4 members (excludes halogenated alkanes) is 2. The average molecular weight is 613 g/mol. The second-order valence-corrected chi connectivity index (χ2v) is 9.62. The van der Waals surface area contributed by atoms with Crippen molar-refractivity contribution in [2.75, 3.05) is 32.8 Å². The lowest BCUT2D eigenvalue weighted by molar-refractivity contribution is 0.261. The molecule has 0 unspecified atom stereocenters. The summed E-state index contributed by atoms with van der Waals surface area (Å²) in [6.45, 7) is 13.0. The highest BCUT2D eigenvalue weighted by atomic mass is 79.9. The summed E-state index contributed by atoms with van der Waals surface area (Å²) in [6, 6.07) is 11.9. The summed E-state index contributed by atoms with van der Waals surface area (Å²) in [4.78, 5) is 2.62. The van der Waals surface area contributed by atoms with E-state index in [9.17, 15) is 0 Å². The predicted molar refractivity (Wildman–Crippen MR) is 158 cm³/mol. The summed E-state index contributed by atoms with van der Waals surface area (Å²) >= 11 is 9.66. The maximum absolute atomic E-state index is 6.09. The van der Waals surface area contributed by atoms with Gasteiger partial charge in [-0.1, -0.05) is 50.4 Å². The maximum atomic E-state index is 6.09. The fourth-order valence-electron chi connectivity index (χ4n) is 3.62. The lowest BCUT2D eigenvalue weighted by Gasteiger charge is -2.22. The molecule has 0 radical (unpaired) electrons. The Bertz CT molecular complexity index is 802. The van der Waals surface area contributed by atoms with E-state index in [0.717, 1.165) is 46.1 Å². The Labute approximate surface area is 238 Å². The summed E-state index contributed by atoms with van der Waals surface area (Å²) in [5, 5.41) is 4.32. The molecule has 2 aromatic rings. The second kappa shape index (κ2) is 20.4. The van der Waals surface area contributed by atoms with Crippen molar-refractivity contribution in [3.8, 4) is 11.5 Å². The van der Waals surface area contributed by atoms with Gasteiger partial charge in [0, 0.05) is 11.6 Å². The standard InChI is InChI=1S/C27H40BrClN2O2.2ClH/c1-4-7-15-31(16-8-5-2)17-9-14-30-20-23-18-25(28)27(26(19-23)32-6-3)33-21-22-10-12-24(29)13-11-22;;/h10-13,18-19,30H,4-9,14-17,20-21H2,1-3H3;2*1H. The molecule has 8 heteroatoms. The van der Waals surface area contributed by atoms with E-state index in [1.54, 1.807) is 0 Å². The fourth-order valence-corrected chi connectivity index (χ4v) is 4.35. The predicted octanol–water partition coefficient (Wildman–Crippen LogP) is 8.31. The summed E-state index contributed by atoms with van der Waals surface area (Å²) < 4.78 is 12.9. The van der Waals surface area contributed by atoms with Gasteiger partial charge in [0.2, 0.25) is 0 Å². The number of nitrogens with zero attached hydrogens (tertiary/aromatic N) is 1. The molecule has 1 N–H and O–H groups in total. The third kappa shape index (κ3) is 13.4. The number of hydrogen-bond acceptors (Lipinski definition) is 4. The molecule has 0 saturated carbocycles. The van der Waals surface area contributed by atoms with Crippen LogP contribution in [0.3, 0.4) is 0 Å². The minimum absolute atomic E-state index is 0. The van der Waals surface area contributed by atoms with Gasteiger partial charge in [-0.05, 0) is 104 Å². The van der Waals surface area contributed by atoms with Crippen LogP contribution in [0, 0.1) is 0 Å². The molecule has 2 rings (SSSR count). The third-order valence-electron chi connectivity index (χ3n) is 5.48. The zero-order chi connectivity index (χ0) is 23.9. The van der Waals surface area contributed by atoms with E-state index in [1.807, 2.05) is 31.2 Å². The van der Waals surface area contributed by atoms with E-state index in [2.05, 4.69) is 52.1 Å². The molecule has 0 aliphatic carbocycles. The molecule has 0 fully saturated rings. The Morgan fingerprint density at radius 2 is 1.49 bits per heavy atom. The van der Waals surface area contributed by atoms with Gasteiger partial charge in [-0.2, -0.15) is 0 Å². The molecular formula is C27H42BrCl3N2O2. The SMILES string of the molecule is CCCCN(CCCC)CCCNCc1cc(Br)c(OCc2ccc(Cl)cc2)c(OCC)c1.Cl.Cl. The topological polar surface area (TPSA) is 33.7 Å². The maximum Gasteiger partial charge on any atom is 0.175 e. The van der Waals surface area contributed by atoms with Crippen LogP contribution in [0.25, 0.3) is 0 Å². The molecule has 0 bridgehead atoms. The molecule has 2 aromatic carbocycles. The highest BCUT2D eigenvalue weighted by Gasteiger charge is 2.13. The lowest BCUT2D eigenvalue weighted by atomic mass is 10.2. The number of benzene rings is 2. The molecular weight excluding hydrogens is 571 g/mol. The van der Waals surface area contributed by atoms with Crippen molar-refractivity contribution in [3.05, 3.63) is 57.0 Å². The highest BCUT2D eigenvalue weighted by molar-refractivity contribution is 9.10. The molecule has 4 nitrogen and oxygen atoms in total. The summed E-state index contributed by atoms with van der Waals surface area (Å²) in [7, 11) is 0. The van der Waals surface area contributed by atoms with Crippen LogP contribution in [0.4, 0.5) is 0 Å². The Kier molecular flexibility index (Phi) is 20.0. The van der Waals surface area contributed by atoms with E-state index >= 15 is 0 Å². The first-order valence-electron chi connectivity index (χ1n) is 12.3. The van der Waals surface area contributed by atoms with E-state index < -0.39 is 0 Å². The van der Waals surface area contributed by atoms with Gasteiger partial charge in [-0.3, -0.25) is 0 Å². The first-order chi connectivity index (χ1) is 16.1. The smallest absolute Gasteiger partial charge is 0.175 e. The van der Waals surface area contributed by atoms with Gasteiger partial charge in [0.25, 0.3) is 0 Å². The largest absolute Gasteiger partial charge is 0.490 e. The van der Waals surface area contributed by atoms with Gasteiger partial charge in [0.05, 0.1) is 11.1 Å². The molecule has 0 aliphatic rings. The van der Waals surface area contributed by atoms with Crippen LogP contribution in [0.1, 0.15) is 64.0 Å². The van der Waals surface area contributed by atoms with Crippen molar-refractivity contribution in [2.45, 2.75) is 66.0 Å². The van der Waals surface area contributed by atoms with Gasteiger partial charge in [0.15, 0.2) is 11.5 Å². The number of ether oxygens (including phenoxy) is 2. The van der Waals surface area contributed by atoms with Crippen molar-refractivity contribution >= 4 is 52.3 Å². The van der Waals surface area contributed by atoms with Crippen molar-refractivity contribution in [1.82, 2.24) is 10.2 Å². The molecule has 0 amide bonds. The zero-order valence-corrected chi connectivity index (χ0v) is 25.3. The third-order valence-corrected chi connectivity index (χ3v) is 6.32. The number of halogens is 4. The van der Waals surface area contributed by atoms with Crippen LogP contribution in [0.15, 0.2) is 40.9 Å². The number of rotatable bonds is 17. The first kappa shape index (κ1) is 34.3.